The van der Waals surface area contributed by atoms with Gasteiger partial charge in [-0.15, -0.1) is 11.3 Å². The first-order valence-electron chi connectivity index (χ1n) is 5.73. The minimum atomic E-state index is -0.163. The van der Waals surface area contributed by atoms with E-state index in [4.69, 9.17) is 5.73 Å². The summed E-state index contributed by atoms with van der Waals surface area (Å²) in [5, 5.41) is 0. The summed E-state index contributed by atoms with van der Waals surface area (Å²) in [5.74, 6) is -0.163. The van der Waals surface area contributed by atoms with Gasteiger partial charge >= 0.3 is 0 Å². The van der Waals surface area contributed by atoms with Crippen molar-refractivity contribution in [1.29, 1.82) is 0 Å². The molecule has 1 nitrogen and oxygen atoms in total. The van der Waals surface area contributed by atoms with Crippen LogP contribution in [0.5, 0.6) is 0 Å². The molecule has 3 heteroatoms. The van der Waals surface area contributed by atoms with Crippen molar-refractivity contribution in [2.24, 2.45) is 5.73 Å². The van der Waals surface area contributed by atoms with Crippen LogP contribution in [0.15, 0.2) is 30.3 Å². The molecule has 0 aliphatic rings. The lowest BCUT2D eigenvalue weighted by Crippen LogP contribution is -2.05. The minimum Gasteiger partial charge on any atom is -0.323 e. The van der Waals surface area contributed by atoms with Crippen LogP contribution < -0.4 is 5.73 Å². The molecule has 0 saturated carbocycles. The van der Waals surface area contributed by atoms with E-state index in [0.717, 1.165) is 21.7 Å². The summed E-state index contributed by atoms with van der Waals surface area (Å²) < 4.78 is 13.8. The molecule has 0 fully saturated rings. The maximum absolute atomic E-state index is 13.8. The highest BCUT2D eigenvalue weighted by atomic mass is 32.1. The molecule has 1 unspecified atom stereocenters. The number of thiophene rings is 1. The summed E-state index contributed by atoms with van der Waals surface area (Å²) in [6, 6.07) is 9.32. The second-order valence-electron chi connectivity index (χ2n) is 4.20. The van der Waals surface area contributed by atoms with Crippen molar-refractivity contribution < 1.29 is 4.39 Å². The molecule has 1 heterocycles. The van der Waals surface area contributed by atoms with E-state index < -0.39 is 0 Å². The largest absolute Gasteiger partial charge is 0.323 e. The van der Waals surface area contributed by atoms with Gasteiger partial charge in [-0.2, -0.15) is 0 Å². The number of halogens is 1. The van der Waals surface area contributed by atoms with Gasteiger partial charge in [0.1, 0.15) is 5.82 Å². The quantitative estimate of drug-likeness (QED) is 0.863. The van der Waals surface area contributed by atoms with Crippen molar-refractivity contribution >= 4 is 11.3 Å². The zero-order valence-electron chi connectivity index (χ0n) is 10.0. The summed E-state index contributed by atoms with van der Waals surface area (Å²) in [6.07, 6.45) is 0.899. The molecule has 1 aromatic carbocycles. The maximum atomic E-state index is 13.8. The van der Waals surface area contributed by atoms with E-state index in [1.165, 1.54) is 0 Å². The van der Waals surface area contributed by atoms with Crippen LogP contribution in [0, 0.1) is 12.7 Å². The number of rotatable bonds is 3. The highest BCUT2D eigenvalue weighted by Crippen LogP contribution is 2.33. The highest BCUT2D eigenvalue weighted by molar-refractivity contribution is 7.15. The Kier molecular flexibility index (Phi) is 3.60. The van der Waals surface area contributed by atoms with E-state index in [9.17, 15) is 4.39 Å². The van der Waals surface area contributed by atoms with Crippen molar-refractivity contribution in [1.82, 2.24) is 0 Å². The summed E-state index contributed by atoms with van der Waals surface area (Å²) in [6.45, 7) is 3.94. The standard InChI is InChI=1S/C14H16FNS/c1-3-12(16)14-7-6-13(17-14)10-5-4-9(2)8-11(10)15/h4-8,12H,3,16H2,1-2H3. The third kappa shape index (κ3) is 2.56. The molecular formula is C14H16FNS. The number of nitrogens with two attached hydrogens (primary N) is 1. The lowest BCUT2D eigenvalue weighted by Gasteiger charge is -2.04. The van der Waals surface area contributed by atoms with Crippen molar-refractivity contribution in [3.8, 4) is 10.4 Å². The molecule has 1 aromatic heterocycles. The van der Waals surface area contributed by atoms with Crippen LogP contribution in [0.3, 0.4) is 0 Å². The molecule has 90 valence electrons. The van der Waals surface area contributed by atoms with Gasteiger partial charge in [0.15, 0.2) is 0 Å². The normalized spacial score (nSPS) is 12.7. The van der Waals surface area contributed by atoms with Gasteiger partial charge in [-0.3, -0.25) is 0 Å². The van der Waals surface area contributed by atoms with E-state index in [0.29, 0.717) is 5.56 Å². The van der Waals surface area contributed by atoms with Gasteiger partial charge in [0.05, 0.1) is 0 Å². The van der Waals surface area contributed by atoms with E-state index in [-0.39, 0.29) is 11.9 Å². The Labute approximate surface area is 105 Å². The number of aryl methyl sites for hydroxylation is 1. The molecule has 0 aliphatic carbocycles. The van der Waals surface area contributed by atoms with Crippen molar-refractivity contribution in [3.63, 3.8) is 0 Å². The predicted molar refractivity (Wildman–Crippen MR) is 71.7 cm³/mol. The zero-order chi connectivity index (χ0) is 12.4. The van der Waals surface area contributed by atoms with Gasteiger partial charge < -0.3 is 5.73 Å². The molecule has 1 atom stereocenters. The first-order valence-corrected chi connectivity index (χ1v) is 6.55. The molecule has 0 spiro atoms. The first kappa shape index (κ1) is 12.3. The number of hydrogen-bond donors (Lipinski definition) is 1. The third-order valence-corrected chi connectivity index (χ3v) is 4.07. The van der Waals surface area contributed by atoms with E-state index >= 15 is 0 Å². The fourth-order valence-corrected chi connectivity index (χ4v) is 2.84. The van der Waals surface area contributed by atoms with Gasteiger partial charge in [0.25, 0.3) is 0 Å². The number of benzene rings is 1. The van der Waals surface area contributed by atoms with Crippen molar-refractivity contribution in [2.45, 2.75) is 26.3 Å². The second kappa shape index (κ2) is 4.98. The Morgan fingerprint density at radius 2 is 2.06 bits per heavy atom. The van der Waals surface area contributed by atoms with Crippen molar-refractivity contribution in [2.75, 3.05) is 0 Å². The van der Waals surface area contributed by atoms with Gasteiger partial charge in [0, 0.05) is 21.4 Å². The predicted octanol–water partition coefficient (Wildman–Crippen LogP) is 4.27. The minimum absolute atomic E-state index is 0.0576. The molecule has 2 rings (SSSR count). The molecule has 0 aliphatic heterocycles. The molecule has 0 saturated heterocycles. The Bertz CT molecular complexity index is 519. The molecule has 0 radical (unpaired) electrons. The fourth-order valence-electron chi connectivity index (χ4n) is 1.72. The van der Waals surface area contributed by atoms with E-state index in [1.807, 2.05) is 31.2 Å². The smallest absolute Gasteiger partial charge is 0.132 e. The molecule has 17 heavy (non-hydrogen) atoms. The summed E-state index contributed by atoms with van der Waals surface area (Å²) in [7, 11) is 0. The van der Waals surface area contributed by atoms with Gasteiger partial charge in [-0.1, -0.05) is 19.1 Å². The van der Waals surface area contributed by atoms with Gasteiger partial charge in [0.2, 0.25) is 0 Å². The number of hydrogen-bond acceptors (Lipinski definition) is 2. The van der Waals surface area contributed by atoms with Gasteiger partial charge in [-0.05, 0) is 37.1 Å². The van der Waals surface area contributed by atoms with Crippen LogP contribution in [-0.4, -0.2) is 0 Å². The fraction of sp³-hybridized carbons (Fsp3) is 0.286. The van der Waals surface area contributed by atoms with Crippen LogP contribution in [0.25, 0.3) is 10.4 Å². The Morgan fingerprint density at radius 1 is 1.29 bits per heavy atom. The summed E-state index contributed by atoms with van der Waals surface area (Å²) in [4.78, 5) is 2.06. The molecule has 0 amide bonds. The van der Waals surface area contributed by atoms with Crippen LogP contribution in [0.1, 0.15) is 29.8 Å². The van der Waals surface area contributed by atoms with Crippen LogP contribution in [-0.2, 0) is 0 Å². The SMILES string of the molecule is CCC(N)c1ccc(-c2ccc(C)cc2F)s1. The molecular weight excluding hydrogens is 233 g/mol. The average Bonchev–Trinajstić information content (AvgIpc) is 2.77. The Morgan fingerprint density at radius 3 is 2.71 bits per heavy atom. The lowest BCUT2D eigenvalue weighted by atomic mass is 10.1. The summed E-state index contributed by atoms with van der Waals surface area (Å²) >= 11 is 1.57. The Hall–Kier alpha value is -1.19. The monoisotopic (exact) mass is 249 g/mol. The zero-order valence-corrected chi connectivity index (χ0v) is 10.9. The van der Waals surface area contributed by atoms with E-state index in [2.05, 4.69) is 6.92 Å². The van der Waals surface area contributed by atoms with Crippen LogP contribution in [0.2, 0.25) is 0 Å². The maximum Gasteiger partial charge on any atom is 0.132 e. The molecule has 2 aromatic rings. The topological polar surface area (TPSA) is 26.0 Å². The molecule has 0 bridgehead atoms. The molecule has 2 N–H and O–H groups in total. The van der Waals surface area contributed by atoms with Crippen LogP contribution in [0.4, 0.5) is 4.39 Å². The van der Waals surface area contributed by atoms with Crippen molar-refractivity contribution in [3.05, 3.63) is 46.6 Å². The lowest BCUT2D eigenvalue weighted by molar-refractivity contribution is 0.630. The van der Waals surface area contributed by atoms with Crippen LogP contribution >= 0.6 is 11.3 Å². The van der Waals surface area contributed by atoms with Gasteiger partial charge in [-0.25, -0.2) is 4.39 Å². The highest BCUT2D eigenvalue weighted by Gasteiger charge is 2.11. The average molecular weight is 249 g/mol. The summed E-state index contributed by atoms with van der Waals surface area (Å²) in [5.41, 5.74) is 7.56. The van der Waals surface area contributed by atoms with E-state index in [1.54, 1.807) is 17.4 Å². The first-order chi connectivity index (χ1) is 8.11. The third-order valence-electron chi connectivity index (χ3n) is 2.82. The Balaban J connectivity index is 2.37. The second-order valence-corrected chi connectivity index (χ2v) is 5.32.